The van der Waals surface area contributed by atoms with E-state index in [1.54, 1.807) is 24.3 Å². The second-order valence-corrected chi connectivity index (χ2v) is 11.6. The van der Waals surface area contributed by atoms with Gasteiger partial charge < -0.3 is 41.3 Å². The standard InChI is InChI=1S/C32H44N4O8/c1-20-17-27(31(42)35(2)26(32(43)44)5-3-4-16-33)36(19-20)30(41)25(15-10-21-6-11-23(37)12-7-21)34-29(40)28(39)18-22-8-13-24(38)14-9-22/h6-9,11-14,20,25-28,37-39H,3-5,10,15-19,33H2,1-2H3,(H,34,40)(H,43,44)/t20?,25-,26-,27?,28-/m1/s1. The summed E-state index contributed by atoms with van der Waals surface area (Å²) in [4.78, 5) is 55.4. The highest BCUT2D eigenvalue weighted by Crippen LogP contribution is 2.27. The number of phenolic OH excluding ortho intramolecular Hbond substituents is 2. The van der Waals surface area contributed by atoms with Gasteiger partial charge in [-0.2, -0.15) is 0 Å². The molecule has 1 aliphatic rings. The largest absolute Gasteiger partial charge is 0.508 e. The molecular formula is C32H44N4O8. The number of nitrogens with two attached hydrogens (primary N) is 1. The van der Waals surface area contributed by atoms with Crippen molar-refractivity contribution >= 4 is 23.7 Å². The Labute approximate surface area is 257 Å². The van der Waals surface area contributed by atoms with Crippen molar-refractivity contribution in [2.24, 2.45) is 11.7 Å². The van der Waals surface area contributed by atoms with Crippen LogP contribution in [0.4, 0.5) is 0 Å². The average molecular weight is 613 g/mol. The number of hydrogen-bond donors (Lipinski definition) is 6. The van der Waals surface area contributed by atoms with E-state index in [1.807, 2.05) is 6.92 Å². The first-order valence-electron chi connectivity index (χ1n) is 15.0. The van der Waals surface area contributed by atoms with Gasteiger partial charge in [-0.15, -0.1) is 0 Å². The molecule has 240 valence electrons. The van der Waals surface area contributed by atoms with Gasteiger partial charge >= 0.3 is 5.97 Å². The molecule has 2 unspecified atom stereocenters. The molecule has 3 rings (SSSR count). The van der Waals surface area contributed by atoms with Gasteiger partial charge in [0, 0.05) is 20.0 Å². The monoisotopic (exact) mass is 612 g/mol. The summed E-state index contributed by atoms with van der Waals surface area (Å²) in [7, 11) is 1.43. The molecule has 0 spiro atoms. The minimum atomic E-state index is -1.48. The van der Waals surface area contributed by atoms with E-state index in [-0.39, 0.29) is 43.2 Å². The zero-order chi connectivity index (χ0) is 32.4. The van der Waals surface area contributed by atoms with Crippen molar-refractivity contribution in [3.63, 3.8) is 0 Å². The Kier molecular flexibility index (Phi) is 12.5. The molecule has 5 atom stereocenters. The van der Waals surface area contributed by atoms with Gasteiger partial charge in [0.25, 0.3) is 0 Å². The summed E-state index contributed by atoms with van der Waals surface area (Å²) in [6.07, 6.45) is 0.716. The molecule has 2 aromatic carbocycles. The van der Waals surface area contributed by atoms with Crippen molar-refractivity contribution in [2.75, 3.05) is 20.1 Å². The van der Waals surface area contributed by atoms with Gasteiger partial charge in [0.1, 0.15) is 35.7 Å². The fourth-order valence-electron chi connectivity index (χ4n) is 5.52. The number of aliphatic hydroxyl groups excluding tert-OH is 1. The van der Waals surface area contributed by atoms with Crippen LogP contribution in [0.5, 0.6) is 11.5 Å². The maximum atomic E-state index is 14.0. The van der Waals surface area contributed by atoms with E-state index in [4.69, 9.17) is 5.73 Å². The number of rotatable bonds is 15. The summed E-state index contributed by atoms with van der Waals surface area (Å²) >= 11 is 0. The third kappa shape index (κ3) is 9.42. The molecule has 44 heavy (non-hydrogen) atoms. The highest BCUT2D eigenvalue weighted by molar-refractivity contribution is 5.94. The molecule has 1 aliphatic heterocycles. The van der Waals surface area contributed by atoms with Crippen molar-refractivity contribution < 1.29 is 39.6 Å². The first-order valence-corrected chi connectivity index (χ1v) is 15.0. The number of phenols is 2. The molecule has 1 heterocycles. The normalized spacial score (nSPS) is 18.3. The lowest BCUT2D eigenvalue weighted by Crippen LogP contribution is -2.56. The number of nitrogens with one attached hydrogen (secondary N) is 1. The Hall–Kier alpha value is -4.16. The highest BCUT2D eigenvalue weighted by Gasteiger charge is 2.43. The number of amides is 3. The van der Waals surface area contributed by atoms with E-state index in [0.29, 0.717) is 37.8 Å². The third-order valence-electron chi connectivity index (χ3n) is 8.05. The minimum Gasteiger partial charge on any atom is -0.508 e. The predicted octanol–water partition coefficient (Wildman–Crippen LogP) is 1.40. The molecule has 12 heteroatoms. The van der Waals surface area contributed by atoms with E-state index in [9.17, 15) is 39.6 Å². The highest BCUT2D eigenvalue weighted by atomic mass is 16.4. The molecular weight excluding hydrogens is 568 g/mol. The van der Waals surface area contributed by atoms with Crippen LogP contribution in [0.1, 0.15) is 50.2 Å². The van der Waals surface area contributed by atoms with Crippen molar-refractivity contribution in [2.45, 2.75) is 76.1 Å². The quantitative estimate of drug-likeness (QED) is 0.161. The summed E-state index contributed by atoms with van der Waals surface area (Å²) in [5, 5.41) is 42.3. The third-order valence-corrected chi connectivity index (χ3v) is 8.05. The number of likely N-dealkylation sites (N-methyl/N-ethyl adjacent to an activating group) is 1. The first kappa shape index (κ1) is 34.3. The number of likely N-dealkylation sites (tertiary alicyclic amines) is 1. The maximum absolute atomic E-state index is 14.0. The Bertz CT molecular complexity index is 1270. The van der Waals surface area contributed by atoms with Crippen molar-refractivity contribution in [3.8, 4) is 11.5 Å². The van der Waals surface area contributed by atoms with E-state index in [0.717, 1.165) is 5.56 Å². The van der Waals surface area contributed by atoms with Gasteiger partial charge in [0.2, 0.25) is 17.7 Å². The van der Waals surface area contributed by atoms with Crippen molar-refractivity contribution in [1.29, 1.82) is 0 Å². The molecule has 1 fully saturated rings. The van der Waals surface area contributed by atoms with Crippen LogP contribution < -0.4 is 11.1 Å². The molecule has 3 amide bonds. The lowest BCUT2D eigenvalue weighted by molar-refractivity contribution is -0.153. The Morgan fingerprint density at radius 2 is 1.57 bits per heavy atom. The molecule has 0 radical (unpaired) electrons. The molecule has 0 aliphatic carbocycles. The fraction of sp³-hybridized carbons (Fsp3) is 0.500. The Morgan fingerprint density at radius 3 is 2.14 bits per heavy atom. The van der Waals surface area contributed by atoms with Gasteiger partial charge in [-0.25, -0.2) is 4.79 Å². The van der Waals surface area contributed by atoms with Crippen LogP contribution >= 0.6 is 0 Å². The summed E-state index contributed by atoms with van der Waals surface area (Å²) in [6.45, 7) is 2.55. The topological polar surface area (TPSA) is 194 Å². The van der Waals surface area contributed by atoms with Crippen LogP contribution in [0.3, 0.4) is 0 Å². The van der Waals surface area contributed by atoms with E-state index >= 15 is 0 Å². The number of hydrogen-bond acceptors (Lipinski definition) is 8. The molecule has 1 saturated heterocycles. The summed E-state index contributed by atoms with van der Waals surface area (Å²) in [5.41, 5.74) is 6.97. The number of carbonyl (C=O) groups is 4. The van der Waals surface area contributed by atoms with E-state index in [1.165, 1.54) is 41.1 Å². The number of nitrogens with zero attached hydrogens (tertiary/aromatic N) is 2. The van der Waals surface area contributed by atoms with Crippen LogP contribution in [0.15, 0.2) is 48.5 Å². The van der Waals surface area contributed by atoms with E-state index < -0.39 is 47.9 Å². The van der Waals surface area contributed by atoms with Crippen LogP contribution in [0.2, 0.25) is 0 Å². The molecule has 0 saturated carbocycles. The lowest BCUT2D eigenvalue weighted by atomic mass is 10.0. The summed E-state index contributed by atoms with van der Waals surface area (Å²) in [6, 6.07) is 9.43. The van der Waals surface area contributed by atoms with Gasteiger partial charge in [-0.1, -0.05) is 31.2 Å². The maximum Gasteiger partial charge on any atom is 0.326 e. The van der Waals surface area contributed by atoms with Gasteiger partial charge in [0.05, 0.1) is 0 Å². The molecule has 0 aromatic heterocycles. The number of carbonyl (C=O) groups excluding carboxylic acids is 3. The minimum absolute atomic E-state index is 0.0433. The summed E-state index contributed by atoms with van der Waals surface area (Å²) in [5.74, 6) is -2.79. The predicted molar refractivity (Wildman–Crippen MR) is 163 cm³/mol. The Morgan fingerprint density at radius 1 is 0.977 bits per heavy atom. The Balaban J connectivity index is 1.80. The smallest absolute Gasteiger partial charge is 0.326 e. The molecule has 0 bridgehead atoms. The van der Waals surface area contributed by atoms with E-state index in [2.05, 4.69) is 5.32 Å². The zero-order valence-corrected chi connectivity index (χ0v) is 25.3. The number of aliphatic carboxylic acids is 1. The second kappa shape index (κ2) is 16.1. The number of aromatic hydroxyl groups is 2. The van der Waals surface area contributed by atoms with Crippen LogP contribution in [0.25, 0.3) is 0 Å². The number of carboxylic acid groups (broad SMARTS) is 1. The number of aryl methyl sites for hydroxylation is 1. The number of benzene rings is 2. The van der Waals surface area contributed by atoms with Crippen LogP contribution in [0, 0.1) is 5.92 Å². The van der Waals surface area contributed by atoms with Gasteiger partial charge in [-0.05, 0) is 86.4 Å². The molecule has 7 N–H and O–H groups in total. The number of aliphatic hydroxyl groups is 1. The number of carboxylic acids is 1. The lowest BCUT2D eigenvalue weighted by Gasteiger charge is -2.33. The fourth-order valence-corrected chi connectivity index (χ4v) is 5.52. The average Bonchev–Trinajstić information content (AvgIpc) is 3.39. The van der Waals surface area contributed by atoms with Crippen molar-refractivity contribution in [1.82, 2.24) is 15.1 Å². The zero-order valence-electron chi connectivity index (χ0n) is 25.3. The summed E-state index contributed by atoms with van der Waals surface area (Å²) < 4.78 is 0. The van der Waals surface area contributed by atoms with Crippen molar-refractivity contribution in [3.05, 3.63) is 59.7 Å². The molecule has 2 aromatic rings. The molecule has 12 nitrogen and oxygen atoms in total. The van der Waals surface area contributed by atoms with Crippen LogP contribution in [-0.2, 0) is 32.0 Å². The van der Waals surface area contributed by atoms with Gasteiger partial charge in [-0.3, -0.25) is 14.4 Å². The second-order valence-electron chi connectivity index (χ2n) is 11.6. The number of unbranched alkanes of at least 4 members (excludes halogenated alkanes) is 1. The SMILES string of the molecule is CC1CC(C(=O)N(C)[C@H](CCCCN)C(=O)O)N(C(=O)[C@@H](CCc2ccc(O)cc2)NC(=O)[C@H](O)Cc2ccc(O)cc2)C1. The van der Waals surface area contributed by atoms with Gasteiger partial charge in [0.15, 0.2) is 0 Å². The van der Waals surface area contributed by atoms with Crippen LogP contribution in [-0.4, -0.2) is 98.3 Å². The first-order chi connectivity index (χ1) is 20.9.